The number of aromatic nitrogens is 1. The van der Waals surface area contributed by atoms with Gasteiger partial charge in [-0.25, -0.2) is 13.4 Å². The van der Waals surface area contributed by atoms with Gasteiger partial charge < -0.3 is 15.0 Å². The fourth-order valence-electron chi connectivity index (χ4n) is 4.02. The van der Waals surface area contributed by atoms with Gasteiger partial charge in [0.2, 0.25) is 5.91 Å². The van der Waals surface area contributed by atoms with E-state index in [-0.39, 0.29) is 24.5 Å². The Labute approximate surface area is 187 Å². The van der Waals surface area contributed by atoms with E-state index in [0.717, 1.165) is 48.0 Å². The molecule has 0 aromatic carbocycles. The number of hydrogen-bond acceptors (Lipinski definition) is 7. The summed E-state index contributed by atoms with van der Waals surface area (Å²) in [4.78, 5) is 19.8. The second kappa shape index (κ2) is 9.23. The van der Waals surface area contributed by atoms with Gasteiger partial charge in [0.1, 0.15) is 10.0 Å². The standard InChI is InChI=1S/C21H28N4O4S2/c1-15-13-24(14-16(2)29-15)19-7-5-17(12-22-19)23-20(26)11-18-6-8-21(30-18)31(27,28)25-9-3-4-10-25/h5-8,12,15-16H,3-4,9-11,13-14H2,1-2H3,(H,23,26). The van der Waals surface area contributed by atoms with Crippen molar-refractivity contribution in [2.75, 3.05) is 36.4 Å². The Bertz CT molecular complexity index is 1010. The van der Waals surface area contributed by atoms with E-state index in [0.29, 0.717) is 23.0 Å². The van der Waals surface area contributed by atoms with Gasteiger partial charge in [-0.3, -0.25) is 4.79 Å². The molecule has 2 aliphatic heterocycles. The lowest BCUT2D eigenvalue weighted by Gasteiger charge is -2.36. The number of thiophene rings is 1. The van der Waals surface area contributed by atoms with Crippen LogP contribution in [0.5, 0.6) is 0 Å². The summed E-state index contributed by atoms with van der Waals surface area (Å²) in [5, 5.41) is 2.84. The number of ether oxygens (including phenoxy) is 1. The van der Waals surface area contributed by atoms with Crippen LogP contribution in [-0.2, 0) is 26.0 Å². The summed E-state index contributed by atoms with van der Waals surface area (Å²) >= 11 is 1.16. The zero-order valence-corrected chi connectivity index (χ0v) is 19.4. The third-order valence-electron chi connectivity index (χ3n) is 5.41. The first-order valence-corrected chi connectivity index (χ1v) is 12.8. The Morgan fingerprint density at radius 2 is 1.87 bits per heavy atom. The van der Waals surface area contributed by atoms with E-state index < -0.39 is 10.0 Å². The molecular weight excluding hydrogens is 436 g/mol. The van der Waals surface area contributed by atoms with Crippen molar-refractivity contribution in [1.82, 2.24) is 9.29 Å². The molecule has 2 saturated heterocycles. The molecule has 2 aromatic rings. The van der Waals surface area contributed by atoms with Crippen LogP contribution in [0.3, 0.4) is 0 Å². The maximum Gasteiger partial charge on any atom is 0.252 e. The molecule has 10 heteroatoms. The Balaban J connectivity index is 1.34. The van der Waals surface area contributed by atoms with E-state index >= 15 is 0 Å². The van der Waals surface area contributed by atoms with Crippen LogP contribution in [0.15, 0.2) is 34.7 Å². The van der Waals surface area contributed by atoms with Gasteiger partial charge in [-0.05, 0) is 51.0 Å². The van der Waals surface area contributed by atoms with Gasteiger partial charge in [0.15, 0.2) is 0 Å². The van der Waals surface area contributed by atoms with Crippen molar-refractivity contribution in [2.45, 2.75) is 49.5 Å². The average molecular weight is 465 g/mol. The molecule has 2 aliphatic rings. The highest BCUT2D eigenvalue weighted by atomic mass is 32.2. The van der Waals surface area contributed by atoms with Crippen LogP contribution in [-0.4, -0.2) is 62.0 Å². The predicted molar refractivity (Wildman–Crippen MR) is 121 cm³/mol. The first-order chi connectivity index (χ1) is 14.8. The normalized spacial score (nSPS) is 22.6. The van der Waals surface area contributed by atoms with Crippen molar-refractivity contribution >= 4 is 38.8 Å². The quantitative estimate of drug-likeness (QED) is 0.707. The number of nitrogens with zero attached hydrogens (tertiary/aromatic N) is 3. The number of pyridine rings is 1. The zero-order chi connectivity index (χ0) is 22.0. The molecule has 31 heavy (non-hydrogen) atoms. The number of amides is 1. The molecule has 0 spiro atoms. The smallest absolute Gasteiger partial charge is 0.252 e. The number of nitrogens with one attached hydrogen (secondary N) is 1. The topological polar surface area (TPSA) is 91.8 Å². The summed E-state index contributed by atoms with van der Waals surface area (Å²) in [6, 6.07) is 7.05. The number of morpholine rings is 1. The van der Waals surface area contributed by atoms with Crippen LogP contribution in [0.25, 0.3) is 0 Å². The summed E-state index contributed by atoms with van der Waals surface area (Å²) in [5.41, 5.74) is 0.615. The predicted octanol–water partition coefficient (Wildman–Crippen LogP) is 2.72. The van der Waals surface area contributed by atoms with Crippen molar-refractivity contribution in [1.29, 1.82) is 0 Å². The molecule has 4 rings (SSSR count). The highest BCUT2D eigenvalue weighted by molar-refractivity contribution is 7.91. The molecular formula is C21H28N4O4S2. The van der Waals surface area contributed by atoms with Crippen LogP contribution in [0.1, 0.15) is 31.6 Å². The third kappa shape index (κ3) is 5.25. The van der Waals surface area contributed by atoms with Gasteiger partial charge in [-0.2, -0.15) is 4.31 Å². The third-order valence-corrected chi connectivity index (χ3v) is 8.86. The molecule has 0 aliphatic carbocycles. The highest BCUT2D eigenvalue weighted by Crippen LogP contribution is 2.28. The number of anilines is 2. The number of carbonyl (C=O) groups is 1. The van der Waals surface area contributed by atoms with Gasteiger partial charge in [-0.15, -0.1) is 11.3 Å². The molecule has 1 amide bonds. The molecule has 0 bridgehead atoms. The maximum absolute atomic E-state index is 12.6. The number of sulfonamides is 1. The minimum absolute atomic E-state index is 0.125. The molecule has 1 N–H and O–H groups in total. The highest BCUT2D eigenvalue weighted by Gasteiger charge is 2.28. The van der Waals surface area contributed by atoms with E-state index in [4.69, 9.17) is 4.74 Å². The lowest BCUT2D eigenvalue weighted by Crippen LogP contribution is -2.45. The van der Waals surface area contributed by atoms with E-state index in [2.05, 4.69) is 15.2 Å². The Morgan fingerprint density at radius 3 is 2.52 bits per heavy atom. The molecule has 168 valence electrons. The van der Waals surface area contributed by atoms with Crippen molar-refractivity contribution in [3.63, 3.8) is 0 Å². The van der Waals surface area contributed by atoms with Gasteiger partial charge in [-0.1, -0.05) is 0 Å². The Kier molecular flexibility index (Phi) is 6.61. The summed E-state index contributed by atoms with van der Waals surface area (Å²) in [7, 11) is -3.44. The summed E-state index contributed by atoms with van der Waals surface area (Å²) in [5.74, 6) is 0.658. The van der Waals surface area contributed by atoms with Crippen molar-refractivity contribution in [3.05, 3.63) is 35.3 Å². The van der Waals surface area contributed by atoms with Gasteiger partial charge >= 0.3 is 0 Å². The van der Waals surface area contributed by atoms with Crippen LogP contribution >= 0.6 is 11.3 Å². The summed E-state index contributed by atoms with van der Waals surface area (Å²) < 4.78 is 32.9. The monoisotopic (exact) mass is 464 g/mol. The first-order valence-electron chi connectivity index (χ1n) is 10.6. The molecule has 0 saturated carbocycles. The SMILES string of the molecule is CC1CN(c2ccc(NC(=O)Cc3ccc(S(=O)(=O)N4CCCC4)s3)cn2)CC(C)O1. The number of rotatable bonds is 6. The van der Waals surface area contributed by atoms with E-state index in [1.54, 1.807) is 18.3 Å². The van der Waals surface area contributed by atoms with E-state index in [1.165, 1.54) is 4.31 Å². The van der Waals surface area contributed by atoms with Gasteiger partial charge in [0, 0.05) is 31.1 Å². The minimum Gasteiger partial charge on any atom is -0.372 e. The van der Waals surface area contributed by atoms with Crippen molar-refractivity contribution in [3.8, 4) is 0 Å². The minimum atomic E-state index is -3.44. The molecule has 2 aromatic heterocycles. The van der Waals surface area contributed by atoms with E-state index in [1.807, 2.05) is 26.0 Å². The molecule has 2 fully saturated rings. The lowest BCUT2D eigenvalue weighted by atomic mass is 10.2. The fourth-order valence-corrected chi connectivity index (χ4v) is 7.05. The average Bonchev–Trinajstić information content (AvgIpc) is 3.40. The zero-order valence-electron chi connectivity index (χ0n) is 17.8. The van der Waals surface area contributed by atoms with Gasteiger partial charge in [0.25, 0.3) is 10.0 Å². The molecule has 4 heterocycles. The largest absolute Gasteiger partial charge is 0.372 e. The number of carbonyl (C=O) groups excluding carboxylic acids is 1. The molecule has 2 unspecified atom stereocenters. The molecule has 0 radical (unpaired) electrons. The first kappa shape index (κ1) is 22.2. The number of hydrogen-bond donors (Lipinski definition) is 1. The Morgan fingerprint density at radius 1 is 1.16 bits per heavy atom. The lowest BCUT2D eigenvalue weighted by molar-refractivity contribution is -0.115. The van der Waals surface area contributed by atoms with Gasteiger partial charge in [0.05, 0.1) is 30.5 Å². The van der Waals surface area contributed by atoms with E-state index in [9.17, 15) is 13.2 Å². The maximum atomic E-state index is 12.6. The van der Waals surface area contributed by atoms with Crippen molar-refractivity contribution in [2.24, 2.45) is 0 Å². The van der Waals surface area contributed by atoms with Crippen LogP contribution < -0.4 is 10.2 Å². The van der Waals surface area contributed by atoms with Crippen molar-refractivity contribution < 1.29 is 17.9 Å². The second-order valence-corrected chi connectivity index (χ2v) is 11.5. The molecule has 2 atom stereocenters. The van der Waals surface area contributed by atoms with Crippen LogP contribution in [0.2, 0.25) is 0 Å². The fraction of sp³-hybridized carbons (Fsp3) is 0.524. The van der Waals surface area contributed by atoms with Crippen LogP contribution in [0, 0.1) is 0 Å². The van der Waals surface area contributed by atoms with Crippen LogP contribution in [0.4, 0.5) is 11.5 Å². The summed E-state index contributed by atoms with van der Waals surface area (Å²) in [6.45, 7) is 6.80. The second-order valence-electron chi connectivity index (χ2n) is 8.12. The summed E-state index contributed by atoms with van der Waals surface area (Å²) in [6.07, 6.45) is 3.87. The molecule has 8 nitrogen and oxygen atoms in total. The Hall–Kier alpha value is -2.01.